The van der Waals surface area contributed by atoms with E-state index < -0.39 is 0 Å². The summed E-state index contributed by atoms with van der Waals surface area (Å²) < 4.78 is 0. The third kappa shape index (κ3) is 3.06. The number of rotatable bonds is 4. The number of nitrogens with zero attached hydrogens (tertiary/aromatic N) is 1. The quantitative estimate of drug-likeness (QED) is 0.703. The van der Waals surface area contributed by atoms with Gasteiger partial charge >= 0.3 is 0 Å². The smallest absolute Gasteiger partial charge is 0.0368 e. The lowest BCUT2D eigenvalue weighted by Gasteiger charge is -2.30. The molecule has 0 aliphatic heterocycles. The second kappa shape index (κ2) is 5.04. The van der Waals surface area contributed by atoms with Gasteiger partial charge in [0.15, 0.2) is 0 Å². The Morgan fingerprint density at radius 1 is 1.00 bits per heavy atom. The van der Waals surface area contributed by atoms with Gasteiger partial charge in [-0.15, -0.1) is 0 Å². The van der Waals surface area contributed by atoms with Gasteiger partial charge in [0.25, 0.3) is 0 Å². The van der Waals surface area contributed by atoms with Gasteiger partial charge in [-0.05, 0) is 31.9 Å². The molecular weight excluding hydrogens is 170 g/mol. The van der Waals surface area contributed by atoms with Crippen molar-refractivity contribution in [2.45, 2.75) is 33.7 Å². The zero-order chi connectivity index (χ0) is 10.6. The normalized spacial score (nSPS) is 11.0. The van der Waals surface area contributed by atoms with E-state index in [1.807, 2.05) is 0 Å². The van der Waals surface area contributed by atoms with Crippen LogP contribution < -0.4 is 4.90 Å². The van der Waals surface area contributed by atoms with Gasteiger partial charge in [0, 0.05) is 18.3 Å². The third-order valence-electron chi connectivity index (χ3n) is 2.27. The minimum absolute atomic E-state index is 0.569. The highest BCUT2D eigenvalue weighted by Gasteiger charge is 2.10. The highest BCUT2D eigenvalue weighted by atomic mass is 15.1. The minimum atomic E-state index is 0.569. The first kappa shape index (κ1) is 11.1. The molecule has 0 unspecified atom stereocenters. The van der Waals surface area contributed by atoms with E-state index in [-0.39, 0.29) is 0 Å². The monoisotopic (exact) mass is 191 g/mol. The van der Waals surface area contributed by atoms with Crippen molar-refractivity contribution >= 4 is 5.69 Å². The van der Waals surface area contributed by atoms with E-state index in [1.165, 1.54) is 5.69 Å². The summed E-state index contributed by atoms with van der Waals surface area (Å²) in [6, 6.07) is 11.2. The predicted molar refractivity (Wildman–Crippen MR) is 63.8 cm³/mol. The van der Waals surface area contributed by atoms with Crippen molar-refractivity contribution in [3.63, 3.8) is 0 Å². The molecule has 0 aliphatic carbocycles. The van der Waals surface area contributed by atoms with E-state index in [2.05, 4.69) is 62.9 Å². The first-order valence-electron chi connectivity index (χ1n) is 5.43. The van der Waals surface area contributed by atoms with Crippen molar-refractivity contribution in [2.75, 3.05) is 11.4 Å². The molecule has 0 amide bonds. The van der Waals surface area contributed by atoms with E-state index in [9.17, 15) is 0 Å². The summed E-state index contributed by atoms with van der Waals surface area (Å²) >= 11 is 0. The van der Waals surface area contributed by atoms with Gasteiger partial charge in [0.1, 0.15) is 0 Å². The van der Waals surface area contributed by atoms with Crippen LogP contribution in [-0.4, -0.2) is 12.6 Å². The van der Waals surface area contributed by atoms with Crippen LogP contribution in [0.3, 0.4) is 0 Å². The molecule has 1 nitrogen and oxygen atoms in total. The van der Waals surface area contributed by atoms with Crippen LogP contribution in [0.1, 0.15) is 27.7 Å². The molecule has 1 rings (SSSR count). The Hall–Kier alpha value is -0.980. The fourth-order valence-electron chi connectivity index (χ4n) is 1.63. The van der Waals surface area contributed by atoms with Gasteiger partial charge in [-0.3, -0.25) is 0 Å². The lowest BCUT2D eigenvalue weighted by molar-refractivity contribution is 0.571. The molecule has 14 heavy (non-hydrogen) atoms. The molecule has 0 heterocycles. The van der Waals surface area contributed by atoms with E-state index in [0.29, 0.717) is 12.0 Å². The van der Waals surface area contributed by atoms with Crippen LogP contribution in [0.25, 0.3) is 0 Å². The summed E-state index contributed by atoms with van der Waals surface area (Å²) in [6.07, 6.45) is 0. The maximum Gasteiger partial charge on any atom is 0.0368 e. The lowest BCUT2D eigenvalue weighted by Crippen LogP contribution is -2.33. The van der Waals surface area contributed by atoms with Crippen molar-refractivity contribution in [2.24, 2.45) is 5.92 Å². The van der Waals surface area contributed by atoms with Gasteiger partial charge < -0.3 is 4.90 Å². The Labute approximate surface area is 87.7 Å². The molecule has 0 saturated heterocycles. The summed E-state index contributed by atoms with van der Waals surface area (Å²) in [5, 5.41) is 0. The summed E-state index contributed by atoms with van der Waals surface area (Å²) in [5.41, 5.74) is 1.33. The van der Waals surface area contributed by atoms with Crippen LogP contribution in [0.4, 0.5) is 5.69 Å². The Morgan fingerprint density at radius 2 is 1.57 bits per heavy atom. The number of benzene rings is 1. The first-order valence-corrected chi connectivity index (χ1v) is 5.43. The van der Waals surface area contributed by atoms with Crippen LogP contribution in [0, 0.1) is 5.92 Å². The average Bonchev–Trinajstić information content (AvgIpc) is 2.15. The molecule has 0 aliphatic rings. The molecule has 1 aromatic carbocycles. The molecule has 0 spiro atoms. The highest BCUT2D eigenvalue weighted by Crippen LogP contribution is 2.17. The second-order valence-electron chi connectivity index (χ2n) is 4.48. The van der Waals surface area contributed by atoms with Crippen LogP contribution in [0.5, 0.6) is 0 Å². The topological polar surface area (TPSA) is 3.24 Å². The molecule has 0 bridgehead atoms. The maximum atomic E-state index is 2.45. The van der Waals surface area contributed by atoms with Crippen LogP contribution in [0.2, 0.25) is 0 Å². The zero-order valence-electron chi connectivity index (χ0n) is 9.70. The van der Waals surface area contributed by atoms with Crippen molar-refractivity contribution < 1.29 is 0 Å². The van der Waals surface area contributed by atoms with Gasteiger partial charge in [0.2, 0.25) is 0 Å². The fourth-order valence-corrected chi connectivity index (χ4v) is 1.63. The van der Waals surface area contributed by atoms with Gasteiger partial charge in [0.05, 0.1) is 0 Å². The molecule has 1 aromatic rings. The van der Waals surface area contributed by atoms with E-state index >= 15 is 0 Å². The molecule has 0 aromatic heterocycles. The number of hydrogen-bond donors (Lipinski definition) is 0. The molecule has 0 fully saturated rings. The predicted octanol–water partition coefficient (Wildman–Crippen LogP) is 3.56. The lowest BCUT2D eigenvalue weighted by atomic mass is 10.1. The highest BCUT2D eigenvalue weighted by molar-refractivity contribution is 5.46. The van der Waals surface area contributed by atoms with E-state index in [0.717, 1.165) is 6.54 Å². The van der Waals surface area contributed by atoms with Crippen molar-refractivity contribution in [1.29, 1.82) is 0 Å². The molecule has 0 saturated carbocycles. The average molecular weight is 191 g/mol. The van der Waals surface area contributed by atoms with E-state index in [4.69, 9.17) is 0 Å². The SMILES string of the molecule is CC(C)CN(c1ccccc1)C(C)C. The van der Waals surface area contributed by atoms with Crippen molar-refractivity contribution in [3.05, 3.63) is 30.3 Å². The Balaban J connectivity index is 2.78. The summed E-state index contributed by atoms with van der Waals surface area (Å²) in [6.45, 7) is 10.1. The molecule has 1 heteroatoms. The fraction of sp³-hybridized carbons (Fsp3) is 0.538. The molecular formula is C13H21N. The zero-order valence-corrected chi connectivity index (χ0v) is 9.70. The van der Waals surface area contributed by atoms with Crippen LogP contribution >= 0.6 is 0 Å². The Morgan fingerprint density at radius 3 is 2.00 bits per heavy atom. The molecule has 0 N–H and O–H groups in total. The Kier molecular flexibility index (Phi) is 3.99. The Bertz CT molecular complexity index is 251. The minimum Gasteiger partial charge on any atom is -0.369 e. The summed E-state index contributed by atoms with van der Waals surface area (Å²) in [7, 11) is 0. The van der Waals surface area contributed by atoms with Crippen LogP contribution in [0.15, 0.2) is 30.3 Å². The summed E-state index contributed by atoms with van der Waals surface area (Å²) in [4.78, 5) is 2.45. The molecule has 78 valence electrons. The number of anilines is 1. The molecule has 0 atom stereocenters. The van der Waals surface area contributed by atoms with Crippen molar-refractivity contribution in [3.8, 4) is 0 Å². The number of para-hydroxylation sites is 1. The standard InChI is InChI=1S/C13H21N/c1-11(2)10-14(12(3)4)13-8-6-5-7-9-13/h5-9,11-12H,10H2,1-4H3. The summed E-state index contributed by atoms with van der Waals surface area (Å²) in [5.74, 6) is 0.706. The first-order chi connectivity index (χ1) is 6.61. The van der Waals surface area contributed by atoms with Crippen molar-refractivity contribution in [1.82, 2.24) is 0 Å². The second-order valence-corrected chi connectivity index (χ2v) is 4.48. The number of hydrogen-bond acceptors (Lipinski definition) is 1. The molecule has 0 radical (unpaired) electrons. The largest absolute Gasteiger partial charge is 0.369 e. The van der Waals surface area contributed by atoms with Gasteiger partial charge in [-0.1, -0.05) is 32.0 Å². The van der Waals surface area contributed by atoms with Crippen LogP contribution in [-0.2, 0) is 0 Å². The third-order valence-corrected chi connectivity index (χ3v) is 2.27. The van der Waals surface area contributed by atoms with Gasteiger partial charge in [-0.2, -0.15) is 0 Å². The van der Waals surface area contributed by atoms with E-state index in [1.54, 1.807) is 0 Å². The van der Waals surface area contributed by atoms with Gasteiger partial charge in [-0.25, -0.2) is 0 Å². The maximum absolute atomic E-state index is 2.45.